The van der Waals surface area contributed by atoms with Gasteiger partial charge in [0.05, 0.1) is 12.1 Å². The van der Waals surface area contributed by atoms with Gasteiger partial charge in [-0.05, 0) is 37.8 Å². The molecule has 1 atom stereocenters. The fourth-order valence-corrected chi connectivity index (χ4v) is 3.37. The Morgan fingerprint density at radius 3 is 2.62 bits per heavy atom. The van der Waals surface area contributed by atoms with Gasteiger partial charge in [0, 0.05) is 12.5 Å². The lowest BCUT2D eigenvalue weighted by atomic mass is 9.70. The van der Waals surface area contributed by atoms with Gasteiger partial charge in [-0.25, -0.2) is 0 Å². The minimum absolute atomic E-state index is 0.289. The highest BCUT2D eigenvalue weighted by Crippen LogP contribution is 2.42. The Morgan fingerprint density at radius 2 is 2.00 bits per heavy atom. The van der Waals surface area contributed by atoms with Gasteiger partial charge in [-0.15, -0.1) is 0 Å². The predicted molar refractivity (Wildman–Crippen MR) is 94.4 cm³/mol. The molecule has 3 rings (SSSR count). The molecule has 1 aliphatic heterocycles. The molecule has 1 fully saturated rings. The van der Waals surface area contributed by atoms with Crippen LogP contribution in [0, 0.1) is 5.41 Å². The Labute approximate surface area is 144 Å². The molecular weight excluding hydrogens is 300 g/mol. The van der Waals surface area contributed by atoms with Gasteiger partial charge >= 0.3 is 0 Å². The first kappa shape index (κ1) is 17.1. The fraction of sp³-hybridized carbons (Fsp3) is 0.579. The van der Waals surface area contributed by atoms with Crippen molar-refractivity contribution < 1.29 is 4.52 Å². The third-order valence-corrected chi connectivity index (χ3v) is 5.06. The predicted octanol–water partition coefficient (Wildman–Crippen LogP) is 3.28. The summed E-state index contributed by atoms with van der Waals surface area (Å²) in [5.74, 6) is 1.71. The van der Waals surface area contributed by atoms with E-state index in [1.54, 1.807) is 0 Å². The molecule has 0 aliphatic carbocycles. The second kappa shape index (κ2) is 6.30. The molecule has 2 heterocycles. The minimum Gasteiger partial charge on any atom is -0.338 e. The van der Waals surface area contributed by atoms with Crippen molar-refractivity contribution in [2.75, 3.05) is 13.1 Å². The van der Waals surface area contributed by atoms with Crippen LogP contribution >= 0.6 is 0 Å². The molecular formula is C19H28N4O. The van der Waals surface area contributed by atoms with E-state index in [-0.39, 0.29) is 5.41 Å². The summed E-state index contributed by atoms with van der Waals surface area (Å²) >= 11 is 0. The molecule has 0 amide bonds. The van der Waals surface area contributed by atoms with E-state index in [2.05, 4.69) is 59.2 Å². The van der Waals surface area contributed by atoms with Crippen molar-refractivity contribution >= 4 is 0 Å². The molecule has 24 heavy (non-hydrogen) atoms. The molecule has 1 aliphatic rings. The summed E-state index contributed by atoms with van der Waals surface area (Å²) in [6.45, 7) is 11.2. The largest absolute Gasteiger partial charge is 0.338 e. The lowest BCUT2D eigenvalue weighted by molar-refractivity contribution is 0.0893. The number of likely N-dealkylation sites (tertiary alicyclic amines) is 1. The fourth-order valence-electron chi connectivity index (χ4n) is 3.37. The van der Waals surface area contributed by atoms with Gasteiger partial charge in [-0.3, -0.25) is 4.90 Å². The molecule has 1 aromatic carbocycles. The van der Waals surface area contributed by atoms with Crippen LogP contribution in [0.2, 0.25) is 0 Å². The summed E-state index contributed by atoms with van der Waals surface area (Å²) < 4.78 is 5.40. The summed E-state index contributed by atoms with van der Waals surface area (Å²) in [7, 11) is 0. The van der Waals surface area contributed by atoms with E-state index in [0.717, 1.165) is 19.5 Å². The van der Waals surface area contributed by atoms with Gasteiger partial charge in [0.2, 0.25) is 5.89 Å². The molecule has 2 N–H and O–H groups in total. The molecule has 5 heteroatoms. The molecule has 1 saturated heterocycles. The summed E-state index contributed by atoms with van der Waals surface area (Å²) in [5.41, 5.74) is 7.16. The van der Waals surface area contributed by atoms with Crippen molar-refractivity contribution in [3.8, 4) is 0 Å². The number of nitrogens with zero attached hydrogens (tertiary/aromatic N) is 3. The zero-order chi connectivity index (χ0) is 17.4. The third kappa shape index (κ3) is 3.68. The second-order valence-corrected chi connectivity index (χ2v) is 8.17. The summed E-state index contributed by atoms with van der Waals surface area (Å²) in [6.07, 6.45) is 1.15. The minimum atomic E-state index is -0.571. The first-order chi connectivity index (χ1) is 11.3. The van der Waals surface area contributed by atoms with Crippen LogP contribution in [0.25, 0.3) is 0 Å². The van der Waals surface area contributed by atoms with Crippen molar-refractivity contribution in [1.82, 2.24) is 15.0 Å². The molecule has 1 aromatic heterocycles. The maximum absolute atomic E-state index is 6.04. The highest BCUT2D eigenvalue weighted by atomic mass is 16.5. The molecule has 130 valence electrons. The van der Waals surface area contributed by atoms with Crippen LogP contribution in [-0.2, 0) is 12.1 Å². The van der Waals surface area contributed by atoms with Gasteiger partial charge in [0.25, 0.3) is 0 Å². The van der Waals surface area contributed by atoms with Crippen LogP contribution in [0.15, 0.2) is 34.9 Å². The third-order valence-electron chi connectivity index (χ3n) is 5.06. The van der Waals surface area contributed by atoms with Crippen molar-refractivity contribution in [3.05, 3.63) is 47.6 Å². The Hall–Kier alpha value is -1.72. The maximum Gasteiger partial charge on any atom is 0.240 e. The topological polar surface area (TPSA) is 68.2 Å². The standard InChI is InChI=1S/C19H28N4O/c1-18(2)10-11-23(12-15(18)14-8-6-5-7-9-14)13-16-21-17(22-24-16)19(3,4)20/h5-9,15H,10-13,20H2,1-4H3. The summed E-state index contributed by atoms with van der Waals surface area (Å²) in [4.78, 5) is 6.87. The molecule has 0 saturated carbocycles. The Balaban J connectivity index is 1.73. The van der Waals surface area contributed by atoms with E-state index in [9.17, 15) is 0 Å². The molecule has 2 aromatic rings. The van der Waals surface area contributed by atoms with E-state index in [4.69, 9.17) is 10.3 Å². The quantitative estimate of drug-likeness (QED) is 0.933. The lowest BCUT2D eigenvalue weighted by Crippen LogP contribution is -2.43. The highest BCUT2D eigenvalue weighted by Gasteiger charge is 2.36. The molecule has 0 radical (unpaired) electrons. The zero-order valence-corrected chi connectivity index (χ0v) is 15.1. The summed E-state index contributed by atoms with van der Waals surface area (Å²) in [5, 5.41) is 4.02. The molecule has 0 bridgehead atoms. The zero-order valence-electron chi connectivity index (χ0n) is 15.1. The molecule has 1 unspecified atom stereocenters. The van der Waals surface area contributed by atoms with Crippen LogP contribution < -0.4 is 5.73 Å². The van der Waals surface area contributed by atoms with Gasteiger partial charge < -0.3 is 10.3 Å². The monoisotopic (exact) mass is 328 g/mol. The van der Waals surface area contributed by atoms with Crippen molar-refractivity contribution in [2.24, 2.45) is 11.1 Å². The van der Waals surface area contributed by atoms with Crippen LogP contribution in [0.1, 0.15) is 57.3 Å². The number of piperidine rings is 1. The van der Waals surface area contributed by atoms with Crippen molar-refractivity contribution in [1.29, 1.82) is 0 Å². The number of nitrogens with two attached hydrogens (primary N) is 1. The highest BCUT2D eigenvalue weighted by molar-refractivity contribution is 5.23. The SMILES string of the molecule is CC(C)(N)c1noc(CN2CCC(C)(C)C(c3ccccc3)C2)n1. The van der Waals surface area contributed by atoms with E-state index >= 15 is 0 Å². The number of hydrogen-bond acceptors (Lipinski definition) is 5. The second-order valence-electron chi connectivity index (χ2n) is 8.17. The molecule has 0 spiro atoms. The average molecular weight is 328 g/mol. The van der Waals surface area contributed by atoms with Crippen LogP contribution in [0.3, 0.4) is 0 Å². The number of rotatable bonds is 4. The maximum atomic E-state index is 6.04. The summed E-state index contributed by atoms with van der Waals surface area (Å²) in [6, 6.07) is 10.8. The van der Waals surface area contributed by atoms with Gasteiger partial charge in [-0.2, -0.15) is 4.98 Å². The van der Waals surface area contributed by atoms with E-state index < -0.39 is 5.54 Å². The smallest absolute Gasteiger partial charge is 0.240 e. The number of hydrogen-bond donors (Lipinski definition) is 1. The normalized spacial score (nSPS) is 21.8. The van der Waals surface area contributed by atoms with E-state index in [1.165, 1.54) is 5.56 Å². The first-order valence-electron chi connectivity index (χ1n) is 8.65. The van der Waals surface area contributed by atoms with Crippen LogP contribution in [-0.4, -0.2) is 28.1 Å². The Kier molecular flexibility index (Phi) is 4.49. The van der Waals surface area contributed by atoms with Gasteiger partial charge in [-0.1, -0.05) is 49.3 Å². The van der Waals surface area contributed by atoms with Crippen LogP contribution in [0.5, 0.6) is 0 Å². The number of benzene rings is 1. The van der Waals surface area contributed by atoms with E-state index in [1.807, 2.05) is 13.8 Å². The van der Waals surface area contributed by atoms with Crippen LogP contribution in [0.4, 0.5) is 0 Å². The number of aromatic nitrogens is 2. The van der Waals surface area contributed by atoms with E-state index in [0.29, 0.717) is 24.2 Å². The molecule has 5 nitrogen and oxygen atoms in total. The van der Waals surface area contributed by atoms with Crippen molar-refractivity contribution in [2.45, 2.75) is 52.1 Å². The Bertz CT molecular complexity index is 672. The first-order valence-corrected chi connectivity index (χ1v) is 8.65. The average Bonchev–Trinajstić information content (AvgIpc) is 2.99. The van der Waals surface area contributed by atoms with Crippen molar-refractivity contribution in [3.63, 3.8) is 0 Å². The van der Waals surface area contributed by atoms with Gasteiger partial charge in [0.1, 0.15) is 0 Å². The Morgan fingerprint density at radius 1 is 1.29 bits per heavy atom. The van der Waals surface area contributed by atoms with Gasteiger partial charge in [0.15, 0.2) is 5.82 Å². The lowest BCUT2D eigenvalue weighted by Gasteiger charge is -2.44.